The average Bonchev–Trinajstić information content (AvgIpc) is 3.00. The average molecular weight is 396 g/mol. The van der Waals surface area contributed by atoms with Crippen molar-refractivity contribution in [1.29, 1.82) is 0 Å². The third-order valence-corrected chi connectivity index (χ3v) is 4.12. The number of ether oxygens (including phenoxy) is 1. The first-order valence-electron chi connectivity index (χ1n) is 7.41. The van der Waals surface area contributed by atoms with Gasteiger partial charge in [0.25, 0.3) is 5.91 Å². The van der Waals surface area contributed by atoms with Gasteiger partial charge in [-0.3, -0.25) is 4.79 Å². The first-order chi connectivity index (χ1) is 11.5. The molecule has 24 heavy (non-hydrogen) atoms. The SMILES string of the molecule is CCCc1occc1C(=O)NC(C(=O)O)c1ccc(OC)c(Br)c1. The molecule has 0 radical (unpaired) electrons. The molecule has 1 heterocycles. The Morgan fingerprint density at radius 3 is 2.71 bits per heavy atom. The van der Waals surface area contributed by atoms with Crippen LogP contribution < -0.4 is 10.1 Å². The summed E-state index contributed by atoms with van der Waals surface area (Å²) in [6, 6.07) is 5.22. The van der Waals surface area contributed by atoms with Gasteiger partial charge in [0.1, 0.15) is 11.5 Å². The fourth-order valence-corrected chi connectivity index (χ4v) is 2.88. The van der Waals surface area contributed by atoms with E-state index in [1.165, 1.54) is 13.4 Å². The lowest BCUT2D eigenvalue weighted by Gasteiger charge is -2.16. The molecule has 1 aromatic carbocycles. The molecule has 128 valence electrons. The van der Waals surface area contributed by atoms with Crippen molar-refractivity contribution in [2.24, 2.45) is 0 Å². The number of hydrogen-bond acceptors (Lipinski definition) is 4. The van der Waals surface area contributed by atoms with E-state index in [1.54, 1.807) is 24.3 Å². The Balaban J connectivity index is 2.25. The number of rotatable bonds is 7. The Hall–Kier alpha value is -2.28. The highest BCUT2D eigenvalue weighted by Crippen LogP contribution is 2.28. The van der Waals surface area contributed by atoms with Crippen molar-refractivity contribution in [3.63, 3.8) is 0 Å². The fourth-order valence-electron chi connectivity index (χ4n) is 2.32. The van der Waals surface area contributed by atoms with Gasteiger partial charge in [-0.15, -0.1) is 0 Å². The van der Waals surface area contributed by atoms with Gasteiger partial charge < -0.3 is 19.6 Å². The monoisotopic (exact) mass is 395 g/mol. The number of carboxylic acids is 1. The largest absolute Gasteiger partial charge is 0.496 e. The predicted octanol–water partition coefficient (Wildman–Crippen LogP) is 3.56. The second-order valence-electron chi connectivity index (χ2n) is 5.15. The zero-order chi connectivity index (χ0) is 17.7. The summed E-state index contributed by atoms with van der Waals surface area (Å²) < 4.78 is 11.0. The summed E-state index contributed by atoms with van der Waals surface area (Å²) in [7, 11) is 1.52. The van der Waals surface area contributed by atoms with Gasteiger partial charge >= 0.3 is 5.97 Å². The number of nitrogens with one attached hydrogen (secondary N) is 1. The first kappa shape index (κ1) is 18.1. The van der Waals surface area contributed by atoms with Gasteiger partial charge in [-0.05, 0) is 46.1 Å². The molecule has 0 saturated heterocycles. The van der Waals surface area contributed by atoms with E-state index in [9.17, 15) is 14.7 Å². The van der Waals surface area contributed by atoms with E-state index in [-0.39, 0.29) is 0 Å². The highest BCUT2D eigenvalue weighted by Gasteiger charge is 2.25. The number of carboxylic acid groups (broad SMARTS) is 1. The van der Waals surface area contributed by atoms with Crippen molar-refractivity contribution in [2.45, 2.75) is 25.8 Å². The Morgan fingerprint density at radius 1 is 1.38 bits per heavy atom. The summed E-state index contributed by atoms with van der Waals surface area (Å²) in [4.78, 5) is 24.0. The Bertz CT molecular complexity index is 740. The maximum Gasteiger partial charge on any atom is 0.330 e. The smallest absolute Gasteiger partial charge is 0.330 e. The van der Waals surface area contributed by atoms with E-state index in [2.05, 4.69) is 21.2 Å². The van der Waals surface area contributed by atoms with Crippen LogP contribution in [0.2, 0.25) is 0 Å². The van der Waals surface area contributed by atoms with Gasteiger partial charge in [0.05, 0.1) is 23.4 Å². The minimum atomic E-state index is -1.18. The number of methoxy groups -OCH3 is 1. The number of aryl methyl sites for hydroxylation is 1. The lowest BCUT2D eigenvalue weighted by molar-refractivity contribution is -0.139. The van der Waals surface area contributed by atoms with Crippen molar-refractivity contribution in [3.05, 3.63) is 51.9 Å². The molecule has 0 bridgehead atoms. The minimum Gasteiger partial charge on any atom is -0.496 e. The minimum absolute atomic E-state index is 0.357. The lowest BCUT2D eigenvalue weighted by atomic mass is 10.1. The molecular weight excluding hydrogens is 378 g/mol. The van der Waals surface area contributed by atoms with E-state index < -0.39 is 17.9 Å². The van der Waals surface area contributed by atoms with Gasteiger partial charge in [-0.2, -0.15) is 0 Å². The van der Waals surface area contributed by atoms with E-state index >= 15 is 0 Å². The number of halogens is 1. The summed E-state index contributed by atoms with van der Waals surface area (Å²) in [5.74, 6) is -0.503. The van der Waals surface area contributed by atoms with E-state index in [1.807, 2.05) is 6.92 Å². The molecular formula is C17H18BrNO5. The van der Waals surface area contributed by atoms with Crippen molar-refractivity contribution in [2.75, 3.05) is 7.11 Å². The van der Waals surface area contributed by atoms with Crippen LogP contribution in [-0.2, 0) is 11.2 Å². The van der Waals surface area contributed by atoms with Gasteiger partial charge in [0.15, 0.2) is 6.04 Å². The van der Waals surface area contributed by atoms with Gasteiger partial charge in [0.2, 0.25) is 0 Å². The molecule has 1 aromatic heterocycles. The van der Waals surface area contributed by atoms with Crippen molar-refractivity contribution >= 4 is 27.8 Å². The van der Waals surface area contributed by atoms with Crippen LogP contribution in [0.25, 0.3) is 0 Å². The van der Waals surface area contributed by atoms with Gasteiger partial charge in [-0.1, -0.05) is 13.0 Å². The van der Waals surface area contributed by atoms with Crippen molar-refractivity contribution in [3.8, 4) is 5.75 Å². The summed E-state index contributed by atoms with van der Waals surface area (Å²) in [5.41, 5.74) is 0.791. The quantitative estimate of drug-likeness (QED) is 0.747. The Morgan fingerprint density at radius 2 is 2.12 bits per heavy atom. The van der Waals surface area contributed by atoms with Crippen LogP contribution in [0.4, 0.5) is 0 Å². The Kier molecular flexibility index (Phi) is 6.03. The van der Waals surface area contributed by atoms with Crippen molar-refractivity contribution in [1.82, 2.24) is 5.32 Å². The summed E-state index contributed by atoms with van der Waals surface area (Å²) >= 11 is 3.32. The predicted molar refractivity (Wildman–Crippen MR) is 91.2 cm³/mol. The van der Waals surface area contributed by atoms with Crippen LogP contribution in [0.1, 0.15) is 41.1 Å². The molecule has 0 spiro atoms. The number of carbonyl (C=O) groups is 2. The second-order valence-corrected chi connectivity index (χ2v) is 6.00. The van der Waals surface area contributed by atoms with Gasteiger partial charge in [0, 0.05) is 6.42 Å². The topological polar surface area (TPSA) is 88.8 Å². The molecule has 2 N–H and O–H groups in total. The standard InChI is InChI=1S/C17H18BrNO5/c1-3-4-13-11(7-8-24-13)16(20)19-15(17(21)22)10-5-6-14(23-2)12(18)9-10/h5-9,15H,3-4H2,1-2H3,(H,19,20)(H,21,22). The van der Waals surface area contributed by atoms with Crippen LogP contribution in [0.5, 0.6) is 5.75 Å². The Labute approximate surface area is 147 Å². The fraction of sp³-hybridized carbons (Fsp3) is 0.294. The molecule has 0 aliphatic heterocycles. The molecule has 0 fully saturated rings. The molecule has 0 saturated carbocycles. The highest BCUT2D eigenvalue weighted by molar-refractivity contribution is 9.10. The zero-order valence-electron chi connectivity index (χ0n) is 13.3. The number of benzene rings is 1. The van der Waals surface area contributed by atoms with Crippen LogP contribution in [0.3, 0.4) is 0 Å². The first-order valence-corrected chi connectivity index (χ1v) is 8.20. The van der Waals surface area contributed by atoms with Crippen LogP contribution >= 0.6 is 15.9 Å². The van der Waals surface area contributed by atoms with E-state index in [4.69, 9.17) is 9.15 Å². The second kappa shape index (κ2) is 8.01. The van der Waals surface area contributed by atoms with Crippen LogP contribution in [-0.4, -0.2) is 24.1 Å². The molecule has 7 heteroatoms. The van der Waals surface area contributed by atoms with Crippen LogP contribution in [0, 0.1) is 0 Å². The van der Waals surface area contributed by atoms with Gasteiger partial charge in [-0.25, -0.2) is 4.79 Å². The number of carbonyl (C=O) groups excluding carboxylic acids is 1. The van der Waals surface area contributed by atoms with E-state index in [0.717, 1.165) is 6.42 Å². The maximum absolute atomic E-state index is 12.4. The third-order valence-electron chi connectivity index (χ3n) is 3.50. The summed E-state index contributed by atoms with van der Waals surface area (Å²) in [6.45, 7) is 1.97. The molecule has 2 aromatic rings. The summed E-state index contributed by atoms with van der Waals surface area (Å²) in [6.07, 6.45) is 2.86. The molecule has 1 amide bonds. The molecule has 1 atom stereocenters. The maximum atomic E-state index is 12.4. The number of furan rings is 1. The normalized spacial score (nSPS) is 11.8. The zero-order valence-corrected chi connectivity index (χ0v) is 14.9. The highest BCUT2D eigenvalue weighted by atomic mass is 79.9. The molecule has 6 nitrogen and oxygen atoms in total. The summed E-state index contributed by atoms with van der Waals surface area (Å²) in [5, 5.41) is 12.0. The van der Waals surface area contributed by atoms with Crippen LogP contribution in [0.15, 0.2) is 39.4 Å². The molecule has 2 rings (SSSR count). The number of hydrogen-bond donors (Lipinski definition) is 2. The number of amides is 1. The number of aliphatic carboxylic acids is 1. The molecule has 0 aliphatic carbocycles. The molecule has 0 aliphatic rings. The lowest BCUT2D eigenvalue weighted by Crippen LogP contribution is -2.34. The van der Waals surface area contributed by atoms with E-state index in [0.29, 0.717) is 33.5 Å². The molecule has 1 unspecified atom stereocenters. The third kappa shape index (κ3) is 3.97. The van der Waals surface area contributed by atoms with Crippen molar-refractivity contribution < 1.29 is 23.8 Å².